The van der Waals surface area contributed by atoms with E-state index in [1.807, 2.05) is 0 Å². The highest BCUT2D eigenvalue weighted by molar-refractivity contribution is 4.85. The molecule has 3 atom stereocenters. The average Bonchev–Trinajstić information content (AvgIpc) is 2.29. The van der Waals surface area contributed by atoms with E-state index in [1.54, 1.807) is 0 Å². The normalized spacial score (nSPS) is 37.9. The Labute approximate surface area is 99.3 Å². The zero-order chi connectivity index (χ0) is 11.5. The lowest BCUT2D eigenvalue weighted by Crippen LogP contribution is -2.51. The molecule has 2 aliphatic heterocycles. The minimum absolute atomic E-state index is 0.397. The molecule has 0 spiro atoms. The number of hydrogen-bond donors (Lipinski definition) is 1. The molecule has 3 unspecified atom stereocenters. The first kappa shape index (κ1) is 12.3. The molecule has 2 saturated heterocycles. The molecule has 2 rings (SSSR count). The maximum absolute atomic E-state index is 6.05. The summed E-state index contributed by atoms with van der Waals surface area (Å²) >= 11 is 0. The quantitative estimate of drug-likeness (QED) is 0.777. The van der Waals surface area contributed by atoms with E-state index in [4.69, 9.17) is 10.5 Å². The minimum atomic E-state index is 0.397. The zero-order valence-corrected chi connectivity index (χ0v) is 10.7. The van der Waals surface area contributed by atoms with Crippen molar-refractivity contribution in [3.63, 3.8) is 0 Å². The van der Waals surface area contributed by atoms with Crippen LogP contribution in [-0.2, 0) is 4.74 Å². The van der Waals surface area contributed by atoms with Crippen molar-refractivity contribution in [3.8, 4) is 0 Å². The van der Waals surface area contributed by atoms with E-state index in [0.29, 0.717) is 24.1 Å². The minimum Gasteiger partial charge on any atom is -0.378 e. The number of piperidine rings is 1. The third-order valence-electron chi connectivity index (χ3n) is 4.04. The molecule has 0 aromatic rings. The second kappa shape index (κ2) is 5.48. The summed E-state index contributed by atoms with van der Waals surface area (Å²) in [5, 5.41) is 0. The summed E-state index contributed by atoms with van der Waals surface area (Å²) in [6.07, 6.45) is 5.32. The van der Waals surface area contributed by atoms with Crippen molar-refractivity contribution in [2.75, 3.05) is 19.7 Å². The van der Waals surface area contributed by atoms with E-state index < -0.39 is 0 Å². The average molecular weight is 226 g/mol. The highest BCUT2D eigenvalue weighted by atomic mass is 16.5. The molecule has 0 amide bonds. The van der Waals surface area contributed by atoms with Gasteiger partial charge >= 0.3 is 0 Å². The van der Waals surface area contributed by atoms with Crippen LogP contribution in [0.5, 0.6) is 0 Å². The summed E-state index contributed by atoms with van der Waals surface area (Å²) in [5.74, 6) is 0.640. The molecule has 0 radical (unpaired) electrons. The van der Waals surface area contributed by atoms with Crippen molar-refractivity contribution in [2.45, 2.75) is 57.7 Å². The summed E-state index contributed by atoms with van der Waals surface area (Å²) in [4.78, 5) is 2.60. The molecule has 0 aliphatic carbocycles. The van der Waals surface area contributed by atoms with Gasteiger partial charge in [0.15, 0.2) is 0 Å². The van der Waals surface area contributed by atoms with Crippen LogP contribution in [0, 0.1) is 5.92 Å². The second-order valence-corrected chi connectivity index (χ2v) is 5.73. The summed E-state index contributed by atoms with van der Waals surface area (Å²) in [7, 11) is 0. The van der Waals surface area contributed by atoms with Gasteiger partial charge in [0, 0.05) is 25.2 Å². The second-order valence-electron chi connectivity index (χ2n) is 5.73. The van der Waals surface area contributed by atoms with Crippen molar-refractivity contribution in [1.82, 2.24) is 4.90 Å². The van der Waals surface area contributed by atoms with Gasteiger partial charge in [0.05, 0.1) is 6.10 Å². The summed E-state index contributed by atoms with van der Waals surface area (Å²) in [5.41, 5.74) is 6.05. The Morgan fingerprint density at radius 3 is 2.81 bits per heavy atom. The number of hydrogen-bond acceptors (Lipinski definition) is 3. The Kier molecular flexibility index (Phi) is 4.22. The number of likely N-dealkylation sites (tertiary alicyclic amines) is 1. The van der Waals surface area contributed by atoms with Gasteiger partial charge in [-0.3, -0.25) is 4.90 Å². The van der Waals surface area contributed by atoms with Gasteiger partial charge in [-0.05, 0) is 38.1 Å². The van der Waals surface area contributed by atoms with Gasteiger partial charge in [-0.2, -0.15) is 0 Å². The highest BCUT2D eigenvalue weighted by Crippen LogP contribution is 2.25. The Hall–Kier alpha value is -0.120. The van der Waals surface area contributed by atoms with Crippen molar-refractivity contribution in [3.05, 3.63) is 0 Å². The van der Waals surface area contributed by atoms with Crippen molar-refractivity contribution in [2.24, 2.45) is 11.7 Å². The summed E-state index contributed by atoms with van der Waals surface area (Å²) < 4.78 is 5.83. The number of nitrogens with zero attached hydrogens (tertiary/aromatic N) is 1. The fraction of sp³-hybridized carbons (Fsp3) is 1.00. The van der Waals surface area contributed by atoms with Crippen LogP contribution in [0.1, 0.15) is 39.5 Å². The molecule has 16 heavy (non-hydrogen) atoms. The topological polar surface area (TPSA) is 38.5 Å². The lowest BCUT2D eigenvalue weighted by molar-refractivity contribution is -0.0522. The number of ether oxygens (including phenoxy) is 1. The van der Waals surface area contributed by atoms with Crippen LogP contribution in [-0.4, -0.2) is 42.8 Å². The van der Waals surface area contributed by atoms with Crippen LogP contribution < -0.4 is 5.73 Å². The Bertz CT molecular complexity index is 220. The number of rotatable bonds is 2. The molecule has 2 N–H and O–H groups in total. The molecule has 0 bridgehead atoms. The highest BCUT2D eigenvalue weighted by Gasteiger charge is 2.30. The first-order valence-corrected chi connectivity index (χ1v) is 6.78. The van der Waals surface area contributed by atoms with E-state index in [9.17, 15) is 0 Å². The van der Waals surface area contributed by atoms with Gasteiger partial charge in [-0.25, -0.2) is 0 Å². The maximum Gasteiger partial charge on any atom is 0.0612 e. The first-order chi connectivity index (χ1) is 7.66. The summed E-state index contributed by atoms with van der Waals surface area (Å²) in [6, 6.07) is 1.11. The molecule has 94 valence electrons. The van der Waals surface area contributed by atoms with Crippen molar-refractivity contribution in [1.29, 1.82) is 0 Å². The van der Waals surface area contributed by atoms with Gasteiger partial charge in [-0.15, -0.1) is 0 Å². The molecule has 0 aromatic carbocycles. The molecule has 3 nitrogen and oxygen atoms in total. The van der Waals surface area contributed by atoms with Gasteiger partial charge in [0.2, 0.25) is 0 Å². The Balaban J connectivity index is 1.88. The van der Waals surface area contributed by atoms with Gasteiger partial charge in [0.1, 0.15) is 0 Å². The smallest absolute Gasteiger partial charge is 0.0612 e. The lowest BCUT2D eigenvalue weighted by Gasteiger charge is -2.42. The predicted molar refractivity (Wildman–Crippen MR) is 66.4 cm³/mol. The predicted octanol–water partition coefficient (Wildman–Crippen LogP) is 1.61. The van der Waals surface area contributed by atoms with E-state index >= 15 is 0 Å². The molecule has 2 fully saturated rings. The van der Waals surface area contributed by atoms with Gasteiger partial charge in [-0.1, -0.05) is 13.8 Å². The fourth-order valence-corrected chi connectivity index (χ4v) is 2.98. The largest absolute Gasteiger partial charge is 0.378 e. The van der Waals surface area contributed by atoms with Crippen molar-refractivity contribution < 1.29 is 4.74 Å². The number of nitrogens with two attached hydrogens (primary N) is 1. The zero-order valence-electron chi connectivity index (χ0n) is 10.7. The maximum atomic E-state index is 6.05. The Morgan fingerprint density at radius 1 is 1.31 bits per heavy atom. The third-order valence-corrected chi connectivity index (χ3v) is 4.04. The van der Waals surface area contributed by atoms with Crippen LogP contribution in [0.2, 0.25) is 0 Å². The molecule has 2 aliphatic rings. The van der Waals surface area contributed by atoms with E-state index in [1.165, 1.54) is 32.2 Å². The SMILES string of the molecule is CC(C)C1CC(N2CCCC(N)C2)CCO1. The molecule has 0 saturated carbocycles. The lowest BCUT2D eigenvalue weighted by atomic mass is 9.92. The van der Waals surface area contributed by atoms with Crippen molar-refractivity contribution >= 4 is 0 Å². The monoisotopic (exact) mass is 226 g/mol. The van der Waals surface area contributed by atoms with E-state index in [-0.39, 0.29) is 0 Å². The van der Waals surface area contributed by atoms with Crippen LogP contribution in [0.25, 0.3) is 0 Å². The molecular weight excluding hydrogens is 200 g/mol. The standard InChI is InChI=1S/C13H26N2O/c1-10(2)13-8-12(5-7-16-13)15-6-3-4-11(14)9-15/h10-13H,3-9,14H2,1-2H3. The van der Waals surface area contributed by atoms with Crippen LogP contribution in [0.4, 0.5) is 0 Å². The molecule has 3 heteroatoms. The molecule has 0 aromatic heterocycles. The van der Waals surface area contributed by atoms with E-state index in [0.717, 1.165) is 13.2 Å². The third kappa shape index (κ3) is 2.96. The fourth-order valence-electron chi connectivity index (χ4n) is 2.98. The van der Waals surface area contributed by atoms with Crippen LogP contribution in [0.3, 0.4) is 0 Å². The molecular formula is C13H26N2O. The van der Waals surface area contributed by atoms with E-state index in [2.05, 4.69) is 18.7 Å². The van der Waals surface area contributed by atoms with Crippen LogP contribution in [0.15, 0.2) is 0 Å². The van der Waals surface area contributed by atoms with Gasteiger partial charge < -0.3 is 10.5 Å². The van der Waals surface area contributed by atoms with Gasteiger partial charge in [0.25, 0.3) is 0 Å². The Morgan fingerprint density at radius 2 is 2.12 bits per heavy atom. The van der Waals surface area contributed by atoms with Crippen LogP contribution >= 0.6 is 0 Å². The molecule has 2 heterocycles. The summed E-state index contributed by atoms with van der Waals surface area (Å²) in [6.45, 7) is 7.78. The first-order valence-electron chi connectivity index (χ1n) is 6.78.